The Kier molecular flexibility index (Phi) is 6.45. The number of methoxy groups -OCH3 is 2. The van der Waals surface area contributed by atoms with Gasteiger partial charge in [0.05, 0.1) is 35.4 Å². The van der Waals surface area contributed by atoms with Crippen molar-refractivity contribution in [2.45, 2.75) is 4.90 Å². The normalized spacial score (nSPS) is 11.3. The molecule has 0 spiro atoms. The van der Waals surface area contributed by atoms with Gasteiger partial charge in [-0.15, -0.1) is 11.3 Å². The molecule has 1 aromatic heterocycles. The number of carbonyl (C=O) groups is 1. The van der Waals surface area contributed by atoms with Gasteiger partial charge in [-0.2, -0.15) is 0 Å². The Morgan fingerprint density at radius 2 is 1.71 bits per heavy atom. The largest absolute Gasteiger partial charge is 0.493 e. The molecule has 0 saturated carbocycles. The van der Waals surface area contributed by atoms with Crippen molar-refractivity contribution in [3.8, 4) is 11.5 Å². The van der Waals surface area contributed by atoms with Gasteiger partial charge < -0.3 is 14.8 Å². The molecule has 0 radical (unpaired) electrons. The number of amides is 1. The van der Waals surface area contributed by atoms with E-state index in [1.54, 1.807) is 36.4 Å². The van der Waals surface area contributed by atoms with Crippen molar-refractivity contribution in [1.29, 1.82) is 0 Å². The Balaban J connectivity index is 1.62. The van der Waals surface area contributed by atoms with E-state index in [0.29, 0.717) is 27.4 Å². The van der Waals surface area contributed by atoms with Gasteiger partial charge in [-0.1, -0.05) is 12.1 Å². The standard InChI is InChI=1S/C24H21FN2O5S2/c1-27(34(29,30)17-9-10-20(31-2)21(14-17)32-3)16-8-11-22-15(12-16)13-23(33-22)24(28)26-19-7-5-4-6-18(19)25/h4-14H,1-3H3,(H,26,28). The van der Waals surface area contributed by atoms with Crippen LogP contribution in [0.4, 0.5) is 15.8 Å². The number of hydrogen-bond donors (Lipinski definition) is 1. The SMILES string of the molecule is COc1ccc(S(=O)(=O)N(C)c2ccc3sc(C(=O)Nc4ccccc4F)cc3c2)cc1OC. The summed E-state index contributed by atoms with van der Waals surface area (Å²) in [5.41, 5.74) is 0.507. The van der Waals surface area contributed by atoms with Crippen molar-refractivity contribution in [1.82, 2.24) is 0 Å². The highest BCUT2D eigenvalue weighted by atomic mass is 32.2. The van der Waals surface area contributed by atoms with Crippen molar-refractivity contribution >= 4 is 48.7 Å². The second kappa shape index (κ2) is 9.32. The molecule has 0 aliphatic carbocycles. The monoisotopic (exact) mass is 500 g/mol. The molecular weight excluding hydrogens is 479 g/mol. The summed E-state index contributed by atoms with van der Waals surface area (Å²) >= 11 is 1.23. The molecule has 0 fully saturated rings. The average molecular weight is 501 g/mol. The summed E-state index contributed by atoms with van der Waals surface area (Å²) in [6.07, 6.45) is 0. The lowest BCUT2D eigenvalue weighted by molar-refractivity contribution is 0.103. The zero-order chi connectivity index (χ0) is 24.5. The van der Waals surface area contributed by atoms with Crippen LogP contribution in [0, 0.1) is 5.82 Å². The van der Waals surface area contributed by atoms with Crippen molar-refractivity contribution in [2.24, 2.45) is 0 Å². The van der Waals surface area contributed by atoms with E-state index in [-0.39, 0.29) is 10.6 Å². The maximum atomic E-state index is 13.9. The molecule has 0 aliphatic rings. The summed E-state index contributed by atoms with van der Waals surface area (Å²) in [6.45, 7) is 0. The summed E-state index contributed by atoms with van der Waals surface area (Å²) in [7, 11) is 0.461. The number of ether oxygens (including phenoxy) is 2. The number of hydrogen-bond acceptors (Lipinski definition) is 6. The lowest BCUT2D eigenvalue weighted by Gasteiger charge is -2.20. The summed E-state index contributed by atoms with van der Waals surface area (Å²) in [6, 6.07) is 17.0. The minimum atomic E-state index is -3.89. The molecule has 1 heterocycles. The van der Waals surface area contributed by atoms with E-state index >= 15 is 0 Å². The molecule has 4 rings (SSSR count). The van der Waals surface area contributed by atoms with E-state index in [1.807, 2.05) is 0 Å². The Labute approximate surface area is 200 Å². The Bertz CT molecular complexity index is 1480. The number of fused-ring (bicyclic) bond motifs is 1. The van der Waals surface area contributed by atoms with Crippen LogP contribution in [-0.2, 0) is 10.0 Å². The number of carbonyl (C=O) groups excluding carboxylic acids is 1. The van der Waals surface area contributed by atoms with Gasteiger partial charge >= 0.3 is 0 Å². The Hall–Kier alpha value is -3.63. The van der Waals surface area contributed by atoms with E-state index in [4.69, 9.17) is 9.47 Å². The predicted octanol–water partition coefficient (Wildman–Crippen LogP) is 5.14. The Morgan fingerprint density at radius 1 is 0.971 bits per heavy atom. The number of nitrogens with one attached hydrogen (secondary N) is 1. The van der Waals surface area contributed by atoms with Crippen molar-refractivity contribution in [3.05, 3.63) is 77.4 Å². The average Bonchev–Trinajstić information content (AvgIpc) is 3.28. The minimum absolute atomic E-state index is 0.0445. The van der Waals surface area contributed by atoms with Gasteiger partial charge in [0.25, 0.3) is 15.9 Å². The molecule has 3 aromatic carbocycles. The number of halogens is 1. The molecule has 4 aromatic rings. The van der Waals surface area contributed by atoms with Gasteiger partial charge in [-0.3, -0.25) is 9.10 Å². The minimum Gasteiger partial charge on any atom is -0.493 e. The van der Waals surface area contributed by atoms with Crippen LogP contribution in [0.2, 0.25) is 0 Å². The highest BCUT2D eigenvalue weighted by molar-refractivity contribution is 7.92. The number of para-hydroxylation sites is 1. The van der Waals surface area contributed by atoms with Crippen molar-refractivity contribution in [2.75, 3.05) is 30.9 Å². The van der Waals surface area contributed by atoms with E-state index in [2.05, 4.69) is 5.32 Å². The third kappa shape index (κ3) is 4.42. The number of nitrogens with zero attached hydrogens (tertiary/aromatic N) is 1. The molecule has 7 nitrogen and oxygen atoms in total. The van der Waals surface area contributed by atoms with Crippen molar-refractivity contribution < 1.29 is 27.1 Å². The maximum absolute atomic E-state index is 13.9. The molecule has 0 unspecified atom stereocenters. The summed E-state index contributed by atoms with van der Waals surface area (Å²) in [4.78, 5) is 13.0. The van der Waals surface area contributed by atoms with Crippen LogP contribution < -0.4 is 19.1 Å². The number of rotatable bonds is 7. The topological polar surface area (TPSA) is 84.9 Å². The molecular formula is C24H21FN2O5S2. The summed E-state index contributed by atoms with van der Waals surface area (Å²) in [5, 5.41) is 3.25. The van der Waals surface area contributed by atoms with Crippen LogP contribution in [0.25, 0.3) is 10.1 Å². The molecule has 1 amide bonds. The van der Waals surface area contributed by atoms with Crippen LogP contribution in [0.1, 0.15) is 9.67 Å². The van der Waals surface area contributed by atoms with Crippen LogP contribution in [0.15, 0.2) is 71.6 Å². The quantitative estimate of drug-likeness (QED) is 0.380. The second-order valence-corrected chi connectivity index (χ2v) is 10.3. The first-order chi connectivity index (χ1) is 16.2. The van der Waals surface area contributed by atoms with Gasteiger partial charge in [0.15, 0.2) is 11.5 Å². The fourth-order valence-electron chi connectivity index (χ4n) is 3.36. The van der Waals surface area contributed by atoms with E-state index in [0.717, 1.165) is 9.01 Å². The lowest BCUT2D eigenvalue weighted by Crippen LogP contribution is -2.26. The molecule has 0 atom stereocenters. The molecule has 1 N–H and O–H groups in total. The first kappa shape index (κ1) is 23.5. The molecule has 0 aliphatic heterocycles. The second-order valence-electron chi connectivity index (χ2n) is 7.26. The lowest BCUT2D eigenvalue weighted by atomic mass is 10.2. The predicted molar refractivity (Wildman–Crippen MR) is 131 cm³/mol. The number of anilines is 2. The smallest absolute Gasteiger partial charge is 0.265 e. The van der Waals surface area contributed by atoms with Crippen LogP contribution in [0.5, 0.6) is 11.5 Å². The molecule has 0 saturated heterocycles. The zero-order valence-electron chi connectivity index (χ0n) is 18.5. The fraction of sp³-hybridized carbons (Fsp3) is 0.125. The maximum Gasteiger partial charge on any atom is 0.265 e. The first-order valence-corrected chi connectivity index (χ1v) is 12.3. The first-order valence-electron chi connectivity index (χ1n) is 10.0. The molecule has 0 bridgehead atoms. The fourth-order valence-corrected chi connectivity index (χ4v) is 5.50. The van der Waals surface area contributed by atoms with E-state index in [1.165, 1.54) is 62.9 Å². The van der Waals surface area contributed by atoms with Gasteiger partial charge in [-0.25, -0.2) is 12.8 Å². The van der Waals surface area contributed by atoms with Gasteiger partial charge in [0, 0.05) is 17.8 Å². The molecule has 176 valence electrons. The van der Waals surface area contributed by atoms with Crippen LogP contribution in [0.3, 0.4) is 0 Å². The van der Waals surface area contributed by atoms with Crippen LogP contribution >= 0.6 is 11.3 Å². The van der Waals surface area contributed by atoms with Crippen molar-refractivity contribution in [3.63, 3.8) is 0 Å². The number of thiophene rings is 1. The van der Waals surface area contributed by atoms with Crippen LogP contribution in [-0.4, -0.2) is 35.6 Å². The van der Waals surface area contributed by atoms with E-state index in [9.17, 15) is 17.6 Å². The van der Waals surface area contributed by atoms with Gasteiger partial charge in [0.2, 0.25) is 0 Å². The number of sulfonamides is 1. The number of benzene rings is 3. The summed E-state index contributed by atoms with van der Waals surface area (Å²) < 4.78 is 52.6. The highest BCUT2D eigenvalue weighted by Gasteiger charge is 2.24. The molecule has 10 heteroatoms. The summed E-state index contributed by atoms with van der Waals surface area (Å²) in [5.74, 6) is -0.249. The van der Waals surface area contributed by atoms with Gasteiger partial charge in [-0.05, 0) is 53.9 Å². The third-order valence-corrected chi connectivity index (χ3v) is 8.12. The molecule has 34 heavy (non-hydrogen) atoms. The third-order valence-electron chi connectivity index (χ3n) is 5.22. The zero-order valence-corrected chi connectivity index (χ0v) is 20.2. The highest BCUT2D eigenvalue weighted by Crippen LogP contribution is 2.34. The van der Waals surface area contributed by atoms with E-state index < -0.39 is 21.7 Å². The Morgan fingerprint density at radius 3 is 2.41 bits per heavy atom. The van der Waals surface area contributed by atoms with Gasteiger partial charge in [0.1, 0.15) is 5.82 Å².